The van der Waals surface area contributed by atoms with E-state index in [1.54, 1.807) is 11.4 Å². The van der Waals surface area contributed by atoms with E-state index in [0.29, 0.717) is 16.1 Å². The molecule has 1 unspecified atom stereocenters. The van der Waals surface area contributed by atoms with Crippen molar-refractivity contribution in [1.82, 2.24) is 5.48 Å². The zero-order valence-corrected chi connectivity index (χ0v) is 7.91. The molecule has 12 heavy (non-hydrogen) atoms. The third-order valence-corrected chi connectivity index (χ3v) is 3.37. The number of thiophene rings is 1. The molecular formula is C6H7NO3S2. The van der Waals surface area contributed by atoms with Gasteiger partial charge >= 0.3 is 0 Å². The summed E-state index contributed by atoms with van der Waals surface area (Å²) in [5.74, 6) is 0. The van der Waals surface area contributed by atoms with Crippen LogP contribution < -0.4 is 5.48 Å². The zero-order chi connectivity index (χ0) is 8.97. The molecule has 0 aliphatic rings. The lowest BCUT2D eigenvalue weighted by Crippen LogP contribution is -2.10. The summed E-state index contributed by atoms with van der Waals surface area (Å²) >= 11 is -0.362. The van der Waals surface area contributed by atoms with Crippen molar-refractivity contribution in [3.8, 4) is 0 Å². The Hall–Kier alpha value is -0.560. The summed E-state index contributed by atoms with van der Waals surface area (Å²) in [6, 6.07) is 1.60. The second kappa shape index (κ2) is 4.46. The minimum absolute atomic E-state index is 0.411. The van der Waals surface area contributed by atoms with Crippen molar-refractivity contribution in [3.63, 3.8) is 0 Å². The van der Waals surface area contributed by atoms with Crippen molar-refractivity contribution in [2.45, 2.75) is 4.21 Å². The number of nitrogens with one attached hydrogen (secondary N) is 1. The number of hydroxylamine groups is 1. The van der Waals surface area contributed by atoms with E-state index in [2.05, 4.69) is 9.76 Å². The third kappa shape index (κ3) is 1.98. The van der Waals surface area contributed by atoms with E-state index >= 15 is 0 Å². The summed E-state index contributed by atoms with van der Waals surface area (Å²) in [5.41, 5.74) is 2.71. The molecule has 0 aliphatic carbocycles. The molecule has 6 heteroatoms. The highest BCUT2D eigenvalue weighted by Crippen LogP contribution is 2.19. The van der Waals surface area contributed by atoms with Crippen LogP contribution in [0.3, 0.4) is 0 Å². The second-order valence-corrected chi connectivity index (χ2v) is 4.02. The number of aldehydes is 1. The minimum Gasteiger partial charge on any atom is -0.298 e. The first kappa shape index (κ1) is 9.53. The Kier molecular flexibility index (Phi) is 3.54. The number of carbonyl (C=O) groups excluding carboxylic acids is 1. The average molecular weight is 205 g/mol. The van der Waals surface area contributed by atoms with Gasteiger partial charge in [0.2, 0.25) is 11.1 Å². The Morgan fingerprint density at radius 2 is 2.50 bits per heavy atom. The smallest absolute Gasteiger partial charge is 0.217 e. The highest BCUT2D eigenvalue weighted by Gasteiger charge is 2.11. The van der Waals surface area contributed by atoms with Crippen LogP contribution in [-0.4, -0.2) is 17.5 Å². The molecule has 0 fully saturated rings. The van der Waals surface area contributed by atoms with Crippen LogP contribution in [0.5, 0.6) is 0 Å². The molecule has 1 atom stereocenters. The lowest BCUT2D eigenvalue weighted by Gasteiger charge is -1.97. The number of rotatable bonds is 4. The van der Waals surface area contributed by atoms with Crippen molar-refractivity contribution >= 4 is 28.7 Å². The lowest BCUT2D eigenvalue weighted by molar-refractivity contribution is 0.112. The van der Waals surface area contributed by atoms with Crippen molar-refractivity contribution in [2.75, 3.05) is 7.05 Å². The van der Waals surface area contributed by atoms with Gasteiger partial charge in [-0.25, -0.2) is 4.21 Å². The van der Waals surface area contributed by atoms with Gasteiger partial charge in [-0.15, -0.1) is 11.3 Å². The molecule has 1 N–H and O–H groups in total. The zero-order valence-electron chi connectivity index (χ0n) is 6.27. The normalized spacial score (nSPS) is 12.8. The highest BCUT2D eigenvalue weighted by molar-refractivity contribution is 7.82. The van der Waals surface area contributed by atoms with Crippen molar-refractivity contribution in [1.29, 1.82) is 0 Å². The molecule has 0 aliphatic heterocycles. The van der Waals surface area contributed by atoms with Crippen LogP contribution in [0.15, 0.2) is 15.7 Å². The van der Waals surface area contributed by atoms with Crippen LogP contribution in [0, 0.1) is 0 Å². The summed E-state index contributed by atoms with van der Waals surface area (Å²) in [6.45, 7) is 0. The van der Waals surface area contributed by atoms with E-state index in [1.165, 1.54) is 18.4 Å². The average Bonchev–Trinajstić information content (AvgIpc) is 2.51. The second-order valence-electron chi connectivity index (χ2n) is 1.80. The van der Waals surface area contributed by atoms with E-state index in [-0.39, 0.29) is 0 Å². The maximum atomic E-state index is 11.2. The molecular weight excluding hydrogens is 198 g/mol. The van der Waals surface area contributed by atoms with Gasteiger partial charge in [0.1, 0.15) is 4.21 Å². The topological polar surface area (TPSA) is 55.4 Å². The molecule has 1 heterocycles. The summed E-state index contributed by atoms with van der Waals surface area (Å²) in [4.78, 5) is 10.4. The first-order chi connectivity index (χ1) is 5.79. The first-order valence-electron chi connectivity index (χ1n) is 3.08. The molecule has 1 rings (SSSR count). The largest absolute Gasteiger partial charge is 0.298 e. The maximum absolute atomic E-state index is 11.2. The SMILES string of the molecule is CNOS(=O)c1sccc1C=O. The monoisotopic (exact) mass is 205 g/mol. The minimum atomic E-state index is -1.59. The molecule has 0 saturated carbocycles. The lowest BCUT2D eigenvalue weighted by atomic mass is 10.4. The summed E-state index contributed by atoms with van der Waals surface area (Å²) in [7, 11) is 1.51. The molecule has 66 valence electrons. The molecule has 0 radical (unpaired) electrons. The number of carbonyl (C=O) groups is 1. The molecule has 0 amide bonds. The van der Waals surface area contributed by atoms with Gasteiger partial charge in [0.25, 0.3) is 0 Å². The third-order valence-electron chi connectivity index (χ3n) is 1.10. The summed E-state index contributed by atoms with van der Waals surface area (Å²) < 4.78 is 16.2. The van der Waals surface area contributed by atoms with Crippen LogP contribution in [0.1, 0.15) is 10.4 Å². The Labute approximate surface area is 76.2 Å². The molecule has 4 nitrogen and oxygen atoms in total. The van der Waals surface area contributed by atoms with Gasteiger partial charge in [0.15, 0.2) is 6.29 Å². The van der Waals surface area contributed by atoms with E-state index in [1.807, 2.05) is 0 Å². The van der Waals surface area contributed by atoms with Crippen molar-refractivity contribution < 1.29 is 13.3 Å². The van der Waals surface area contributed by atoms with Gasteiger partial charge in [0, 0.05) is 12.6 Å². The van der Waals surface area contributed by atoms with E-state index in [4.69, 9.17) is 0 Å². The predicted molar refractivity (Wildman–Crippen MR) is 46.3 cm³/mol. The van der Waals surface area contributed by atoms with Crippen LogP contribution in [0.25, 0.3) is 0 Å². The van der Waals surface area contributed by atoms with Crippen molar-refractivity contribution in [2.24, 2.45) is 0 Å². The van der Waals surface area contributed by atoms with Crippen LogP contribution in [0.4, 0.5) is 0 Å². The number of hydrogen-bond acceptors (Lipinski definition) is 5. The molecule has 0 aromatic carbocycles. The maximum Gasteiger partial charge on any atom is 0.217 e. The van der Waals surface area contributed by atoms with Gasteiger partial charge in [-0.05, 0) is 11.4 Å². The fraction of sp³-hybridized carbons (Fsp3) is 0.167. The molecule has 0 bridgehead atoms. The quantitative estimate of drug-likeness (QED) is 0.581. The Balaban J connectivity index is 2.86. The number of hydrogen-bond donors (Lipinski definition) is 1. The van der Waals surface area contributed by atoms with Crippen LogP contribution in [0.2, 0.25) is 0 Å². The van der Waals surface area contributed by atoms with E-state index in [9.17, 15) is 9.00 Å². The summed E-state index contributed by atoms with van der Waals surface area (Å²) in [5, 5.41) is 1.69. The van der Waals surface area contributed by atoms with E-state index in [0.717, 1.165) is 0 Å². The van der Waals surface area contributed by atoms with Gasteiger partial charge in [-0.2, -0.15) is 9.76 Å². The van der Waals surface area contributed by atoms with Crippen LogP contribution in [-0.2, 0) is 15.4 Å². The molecule has 1 aromatic rings. The molecule has 0 saturated heterocycles. The molecule has 0 spiro atoms. The van der Waals surface area contributed by atoms with Crippen molar-refractivity contribution in [3.05, 3.63) is 17.0 Å². The first-order valence-corrected chi connectivity index (χ1v) is 5.03. The summed E-state index contributed by atoms with van der Waals surface area (Å²) in [6.07, 6.45) is 0.656. The Morgan fingerprint density at radius 1 is 1.75 bits per heavy atom. The Bertz CT molecular complexity index is 297. The Morgan fingerprint density at radius 3 is 3.08 bits per heavy atom. The van der Waals surface area contributed by atoms with Gasteiger partial charge < -0.3 is 0 Å². The van der Waals surface area contributed by atoms with Gasteiger partial charge in [0.05, 0.1) is 0 Å². The standard InChI is InChI=1S/C6H7NO3S2/c1-7-10-12(9)6-5(4-8)2-3-11-6/h2-4,7H,1H3. The van der Waals surface area contributed by atoms with E-state index < -0.39 is 11.1 Å². The van der Waals surface area contributed by atoms with Gasteiger partial charge in [-0.1, -0.05) is 0 Å². The highest BCUT2D eigenvalue weighted by atomic mass is 32.2. The molecule has 1 aromatic heterocycles. The van der Waals surface area contributed by atoms with Gasteiger partial charge in [-0.3, -0.25) is 4.79 Å². The fourth-order valence-corrected chi connectivity index (χ4v) is 2.35. The fourth-order valence-electron chi connectivity index (χ4n) is 0.642. The van der Waals surface area contributed by atoms with Crippen LogP contribution >= 0.6 is 11.3 Å². The predicted octanol–water partition coefficient (Wildman–Crippen LogP) is 0.734.